The first-order chi connectivity index (χ1) is 11.7. The second-order valence-corrected chi connectivity index (χ2v) is 9.51. The summed E-state index contributed by atoms with van der Waals surface area (Å²) in [6, 6.07) is 0. The van der Waals surface area contributed by atoms with E-state index < -0.39 is 11.9 Å². The summed E-state index contributed by atoms with van der Waals surface area (Å²) in [5, 5.41) is 9.80. The van der Waals surface area contributed by atoms with Gasteiger partial charge in [0.05, 0.1) is 12.5 Å². The molecule has 142 valence electrons. The van der Waals surface area contributed by atoms with Crippen LogP contribution in [-0.2, 0) is 14.3 Å². The third-order valence-corrected chi connectivity index (χ3v) is 7.00. The first-order valence-corrected chi connectivity index (χ1v) is 9.79. The molecule has 1 saturated heterocycles. The third-order valence-electron chi connectivity index (χ3n) is 7.00. The van der Waals surface area contributed by atoms with Gasteiger partial charge in [-0.05, 0) is 61.3 Å². The molecule has 0 spiro atoms. The highest BCUT2D eigenvalue weighted by Gasteiger charge is 2.50. The van der Waals surface area contributed by atoms with Crippen molar-refractivity contribution in [2.75, 3.05) is 13.7 Å². The summed E-state index contributed by atoms with van der Waals surface area (Å²) in [6.07, 6.45) is 6.60. The van der Waals surface area contributed by atoms with Crippen molar-refractivity contribution in [2.24, 2.45) is 28.6 Å². The summed E-state index contributed by atoms with van der Waals surface area (Å²) in [7, 11) is 1.68. The van der Waals surface area contributed by atoms with Crippen molar-refractivity contribution in [3.8, 4) is 0 Å². The molecular weight excluding hydrogens is 316 g/mol. The summed E-state index contributed by atoms with van der Waals surface area (Å²) in [5.41, 5.74) is 2.95. The number of hydrogen-bond donors (Lipinski definition) is 1. The number of allylic oxidation sites excluding steroid dienone is 1. The Bertz CT molecular complexity index is 564. The summed E-state index contributed by atoms with van der Waals surface area (Å²) in [4.78, 5) is 11.9. The first kappa shape index (κ1) is 18.9. The molecule has 2 fully saturated rings. The Labute approximate surface area is 152 Å². The first-order valence-electron chi connectivity index (χ1n) is 9.79. The van der Waals surface area contributed by atoms with Crippen molar-refractivity contribution < 1.29 is 19.4 Å². The second kappa shape index (κ2) is 6.70. The van der Waals surface area contributed by atoms with Crippen molar-refractivity contribution >= 4 is 5.97 Å². The number of hydrogen-bond acceptors (Lipinski definition) is 3. The highest BCUT2D eigenvalue weighted by atomic mass is 16.7. The minimum atomic E-state index is -0.728. The van der Waals surface area contributed by atoms with Crippen LogP contribution in [0.15, 0.2) is 11.1 Å². The predicted octanol–water partition coefficient (Wildman–Crippen LogP) is 4.64. The number of ether oxygens (including phenoxy) is 2. The Morgan fingerprint density at radius 3 is 2.64 bits per heavy atom. The van der Waals surface area contributed by atoms with Crippen LogP contribution in [-0.4, -0.2) is 31.1 Å². The van der Waals surface area contributed by atoms with Gasteiger partial charge in [0.15, 0.2) is 6.29 Å². The van der Waals surface area contributed by atoms with Gasteiger partial charge in [-0.15, -0.1) is 0 Å². The summed E-state index contributed by atoms with van der Waals surface area (Å²) in [5.74, 6) is -0.704. The maximum Gasteiger partial charge on any atom is 0.310 e. The minimum absolute atomic E-state index is 0.0988. The number of carbonyl (C=O) groups is 1. The fourth-order valence-corrected chi connectivity index (χ4v) is 5.98. The van der Waals surface area contributed by atoms with Gasteiger partial charge in [0.25, 0.3) is 0 Å². The van der Waals surface area contributed by atoms with Gasteiger partial charge in [0, 0.05) is 13.0 Å². The van der Waals surface area contributed by atoms with Crippen LogP contribution in [0.3, 0.4) is 0 Å². The Morgan fingerprint density at radius 1 is 1.32 bits per heavy atom. The van der Waals surface area contributed by atoms with E-state index in [2.05, 4.69) is 20.8 Å². The topological polar surface area (TPSA) is 55.8 Å². The molecule has 1 N–H and O–H groups in total. The zero-order valence-electron chi connectivity index (χ0n) is 16.4. The Balaban J connectivity index is 2.08. The van der Waals surface area contributed by atoms with E-state index in [1.807, 2.05) is 6.92 Å². The van der Waals surface area contributed by atoms with Crippen molar-refractivity contribution in [1.29, 1.82) is 0 Å². The van der Waals surface area contributed by atoms with E-state index in [9.17, 15) is 9.90 Å². The SMILES string of the molecule is CO[C@@H]1OC[C@@H]2CCC([C@@]3(C)CCCC(C)(C)C3)=C([C@@H](C)C(=O)O)[C@@H]21. The Hall–Kier alpha value is -0.870. The van der Waals surface area contributed by atoms with Gasteiger partial charge < -0.3 is 14.6 Å². The van der Waals surface area contributed by atoms with Crippen LogP contribution in [0.1, 0.15) is 66.2 Å². The lowest BCUT2D eigenvalue weighted by Gasteiger charge is -2.48. The van der Waals surface area contributed by atoms with Gasteiger partial charge in [-0.1, -0.05) is 32.8 Å². The highest BCUT2D eigenvalue weighted by Crippen LogP contribution is 2.56. The van der Waals surface area contributed by atoms with Crippen molar-refractivity contribution in [3.63, 3.8) is 0 Å². The van der Waals surface area contributed by atoms with Crippen LogP contribution in [0.4, 0.5) is 0 Å². The summed E-state index contributed by atoms with van der Waals surface area (Å²) in [6.45, 7) is 9.62. The lowest BCUT2D eigenvalue weighted by atomic mass is 9.56. The van der Waals surface area contributed by atoms with Gasteiger partial charge in [-0.25, -0.2) is 0 Å². The summed E-state index contributed by atoms with van der Waals surface area (Å²) >= 11 is 0. The van der Waals surface area contributed by atoms with Crippen LogP contribution in [0, 0.1) is 28.6 Å². The second-order valence-electron chi connectivity index (χ2n) is 9.51. The van der Waals surface area contributed by atoms with E-state index >= 15 is 0 Å². The zero-order chi connectivity index (χ0) is 18.4. The number of rotatable bonds is 4. The molecule has 3 aliphatic rings. The molecule has 0 aromatic carbocycles. The van der Waals surface area contributed by atoms with E-state index in [1.54, 1.807) is 7.11 Å². The van der Waals surface area contributed by atoms with Crippen LogP contribution in [0.25, 0.3) is 0 Å². The molecule has 0 amide bonds. The van der Waals surface area contributed by atoms with Gasteiger partial charge in [-0.2, -0.15) is 0 Å². The lowest BCUT2D eigenvalue weighted by molar-refractivity contribution is -0.141. The number of carboxylic acids is 1. The summed E-state index contributed by atoms with van der Waals surface area (Å²) < 4.78 is 11.5. The van der Waals surface area contributed by atoms with Crippen LogP contribution >= 0.6 is 0 Å². The Morgan fingerprint density at radius 2 is 2.04 bits per heavy atom. The quantitative estimate of drug-likeness (QED) is 0.751. The minimum Gasteiger partial charge on any atom is -0.481 e. The zero-order valence-corrected chi connectivity index (χ0v) is 16.4. The highest BCUT2D eigenvalue weighted by molar-refractivity contribution is 5.74. The number of fused-ring (bicyclic) bond motifs is 1. The number of aliphatic carboxylic acids is 1. The molecule has 0 bridgehead atoms. The van der Waals surface area contributed by atoms with Crippen LogP contribution in [0.2, 0.25) is 0 Å². The van der Waals surface area contributed by atoms with Crippen molar-refractivity contribution in [2.45, 2.75) is 72.5 Å². The fourth-order valence-electron chi connectivity index (χ4n) is 5.98. The molecule has 1 heterocycles. The smallest absolute Gasteiger partial charge is 0.310 e. The van der Waals surface area contributed by atoms with E-state index in [-0.39, 0.29) is 17.6 Å². The van der Waals surface area contributed by atoms with E-state index in [4.69, 9.17) is 9.47 Å². The average molecular weight is 350 g/mol. The molecule has 4 heteroatoms. The van der Waals surface area contributed by atoms with Gasteiger partial charge in [0.1, 0.15) is 0 Å². The van der Waals surface area contributed by atoms with E-state index in [1.165, 1.54) is 18.4 Å². The molecule has 0 radical (unpaired) electrons. The molecule has 0 unspecified atom stereocenters. The number of carboxylic acid groups (broad SMARTS) is 1. The molecule has 3 rings (SSSR count). The predicted molar refractivity (Wildman–Crippen MR) is 97.1 cm³/mol. The third kappa shape index (κ3) is 3.40. The average Bonchev–Trinajstić information content (AvgIpc) is 2.95. The van der Waals surface area contributed by atoms with Crippen LogP contribution < -0.4 is 0 Å². The Kier molecular flexibility index (Phi) is 5.06. The molecule has 4 nitrogen and oxygen atoms in total. The van der Waals surface area contributed by atoms with Gasteiger partial charge in [0.2, 0.25) is 0 Å². The van der Waals surface area contributed by atoms with E-state index in [0.717, 1.165) is 31.3 Å². The molecule has 1 saturated carbocycles. The molecule has 5 atom stereocenters. The molecule has 25 heavy (non-hydrogen) atoms. The fraction of sp³-hybridized carbons (Fsp3) is 0.857. The molecule has 2 aliphatic carbocycles. The largest absolute Gasteiger partial charge is 0.481 e. The maximum absolute atomic E-state index is 11.9. The lowest BCUT2D eigenvalue weighted by Crippen LogP contribution is -2.39. The van der Waals surface area contributed by atoms with Gasteiger partial charge in [-0.3, -0.25) is 4.79 Å². The maximum atomic E-state index is 11.9. The van der Waals surface area contributed by atoms with Crippen molar-refractivity contribution in [3.05, 3.63) is 11.1 Å². The van der Waals surface area contributed by atoms with E-state index in [0.29, 0.717) is 17.9 Å². The molecular formula is C21H34O4. The standard InChI is InChI=1S/C21H34O4/c1-13(18(22)23)16-15(21(4)10-6-9-20(2,3)12-21)8-7-14-11-25-19(24-5)17(14)16/h13-14,17,19H,6-12H2,1-5H3,(H,22,23)/t13-,14+,17-,19-,21+/m1/s1. The van der Waals surface area contributed by atoms with Crippen molar-refractivity contribution in [1.82, 2.24) is 0 Å². The van der Waals surface area contributed by atoms with Crippen LogP contribution in [0.5, 0.6) is 0 Å². The molecule has 1 aliphatic heterocycles. The normalized spacial score (nSPS) is 39.2. The molecule has 0 aromatic rings. The van der Waals surface area contributed by atoms with Gasteiger partial charge >= 0.3 is 5.97 Å². The molecule has 0 aromatic heterocycles. The monoisotopic (exact) mass is 350 g/mol. The number of methoxy groups -OCH3 is 1.